The lowest BCUT2D eigenvalue weighted by atomic mass is 10.0. The van der Waals surface area contributed by atoms with Gasteiger partial charge < -0.3 is 5.32 Å². The van der Waals surface area contributed by atoms with Crippen LogP contribution in [-0.4, -0.2) is 15.9 Å². The Morgan fingerprint density at radius 3 is 2.96 bits per heavy atom. The Kier molecular flexibility index (Phi) is 3.18. The highest BCUT2D eigenvalue weighted by Gasteiger charge is 2.19. The number of fused-ring (bicyclic) bond motifs is 3. The van der Waals surface area contributed by atoms with Crippen LogP contribution in [0, 0.1) is 5.82 Å². The molecule has 1 fully saturated rings. The topological polar surface area (TPSA) is 29.3 Å². The largest absolute Gasteiger partial charge is 0.310 e. The minimum Gasteiger partial charge on any atom is -0.310 e. The summed E-state index contributed by atoms with van der Waals surface area (Å²) in [7, 11) is 0. The van der Waals surface area contributed by atoms with Crippen molar-refractivity contribution in [3.05, 3.63) is 60.0 Å². The average molecular weight is 337 g/mol. The number of hydrogen-bond donors (Lipinski definition) is 1. The monoisotopic (exact) mass is 337 g/mol. The maximum atomic E-state index is 14.7. The van der Waals surface area contributed by atoms with Crippen molar-refractivity contribution in [2.75, 3.05) is 6.54 Å². The second-order valence-electron chi connectivity index (χ2n) is 6.24. The van der Waals surface area contributed by atoms with Gasteiger partial charge in [-0.05, 0) is 49.2 Å². The highest BCUT2D eigenvalue weighted by Crippen LogP contribution is 2.32. The molecule has 0 saturated carbocycles. The average Bonchev–Trinajstić information content (AvgIpc) is 3.30. The quantitative estimate of drug-likeness (QED) is 0.570. The van der Waals surface area contributed by atoms with E-state index in [0.29, 0.717) is 11.3 Å². The lowest BCUT2D eigenvalue weighted by molar-refractivity contribution is 0.609. The molecule has 24 heavy (non-hydrogen) atoms. The fourth-order valence-electron chi connectivity index (χ4n) is 3.50. The molecule has 1 N–H and O–H groups in total. The molecule has 1 aliphatic heterocycles. The van der Waals surface area contributed by atoms with Gasteiger partial charge in [0.2, 0.25) is 0 Å². The minimum absolute atomic E-state index is 0.198. The molecule has 5 rings (SSSR count). The zero-order chi connectivity index (χ0) is 16.1. The second kappa shape index (κ2) is 5.40. The zero-order valence-corrected chi connectivity index (χ0v) is 13.8. The number of rotatable bonds is 2. The fraction of sp³-hybridized carbons (Fsp3) is 0.211. The van der Waals surface area contributed by atoms with E-state index in [1.54, 1.807) is 17.4 Å². The molecule has 0 radical (unpaired) electrons. The van der Waals surface area contributed by atoms with Gasteiger partial charge in [0.05, 0.1) is 15.9 Å². The van der Waals surface area contributed by atoms with E-state index in [-0.39, 0.29) is 11.9 Å². The Balaban J connectivity index is 1.59. The van der Waals surface area contributed by atoms with Gasteiger partial charge in [0.25, 0.3) is 0 Å². The predicted molar refractivity (Wildman–Crippen MR) is 95.9 cm³/mol. The summed E-state index contributed by atoms with van der Waals surface area (Å²) in [4.78, 5) is 5.53. The molecule has 3 nitrogen and oxygen atoms in total. The lowest BCUT2D eigenvalue weighted by Gasteiger charge is -2.11. The van der Waals surface area contributed by atoms with Crippen LogP contribution in [0.2, 0.25) is 0 Å². The molecular formula is C19H16FN3S. The Labute approximate surface area is 142 Å². The van der Waals surface area contributed by atoms with Crippen LogP contribution in [-0.2, 0) is 0 Å². The van der Waals surface area contributed by atoms with Crippen LogP contribution in [0.15, 0.2) is 48.7 Å². The number of aromatic nitrogens is 2. The van der Waals surface area contributed by atoms with Gasteiger partial charge in [0.15, 0.2) is 4.96 Å². The Morgan fingerprint density at radius 1 is 1.21 bits per heavy atom. The second-order valence-corrected chi connectivity index (χ2v) is 7.25. The molecule has 0 amide bonds. The first-order valence-corrected chi connectivity index (χ1v) is 9.01. The van der Waals surface area contributed by atoms with Crippen LogP contribution in [0.1, 0.15) is 24.4 Å². The van der Waals surface area contributed by atoms with E-state index >= 15 is 0 Å². The molecule has 1 aliphatic rings. The number of imidazole rings is 1. The van der Waals surface area contributed by atoms with Crippen molar-refractivity contribution in [3.63, 3.8) is 0 Å². The van der Waals surface area contributed by atoms with Crippen LogP contribution in [0.25, 0.3) is 26.4 Å². The predicted octanol–water partition coefficient (Wildman–Crippen LogP) is 4.78. The summed E-state index contributed by atoms with van der Waals surface area (Å²) < 4.78 is 17.9. The summed E-state index contributed by atoms with van der Waals surface area (Å²) in [5.74, 6) is -0.198. The molecule has 120 valence electrons. The standard InChI is InChI=1S/C19H16FN3S/c20-14-10-12(15-4-3-9-21-15)7-8-13(14)16-11-23-17-5-1-2-6-18(17)24-19(23)22-16/h1-2,5-8,10-11,15,21H,3-4,9H2. The smallest absolute Gasteiger partial charge is 0.195 e. The van der Waals surface area contributed by atoms with E-state index in [9.17, 15) is 4.39 Å². The van der Waals surface area contributed by atoms with E-state index in [1.807, 2.05) is 34.9 Å². The molecule has 0 spiro atoms. The third kappa shape index (κ3) is 2.16. The molecule has 0 bridgehead atoms. The van der Waals surface area contributed by atoms with Gasteiger partial charge in [0, 0.05) is 17.8 Å². The van der Waals surface area contributed by atoms with Crippen LogP contribution >= 0.6 is 11.3 Å². The van der Waals surface area contributed by atoms with Crippen molar-refractivity contribution in [1.29, 1.82) is 0 Å². The van der Waals surface area contributed by atoms with E-state index in [2.05, 4.69) is 22.4 Å². The molecule has 4 aromatic rings. The molecule has 3 heterocycles. The number of hydrogen-bond acceptors (Lipinski definition) is 3. The Morgan fingerprint density at radius 2 is 2.12 bits per heavy atom. The first-order valence-electron chi connectivity index (χ1n) is 8.19. The van der Waals surface area contributed by atoms with Gasteiger partial charge in [0.1, 0.15) is 5.82 Å². The van der Waals surface area contributed by atoms with E-state index in [1.165, 1.54) is 4.70 Å². The Bertz CT molecular complexity index is 1040. The van der Waals surface area contributed by atoms with Gasteiger partial charge in [-0.3, -0.25) is 4.40 Å². The number of nitrogens with one attached hydrogen (secondary N) is 1. The Hall–Kier alpha value is -2.24. The number of halogens is 1. The van der Waals surface area contributed by atoms with Crippen molar-refractivity contribution < 1.29 is 4.39 Å². The van der Waals surface area contributed by atoms with Gasteiger partial charge in [-0.25, -0.2) is 9.37 Å². The number of thiazole rings is 1. The third-order valence-corrected chi connectivity index (χ3v) is 5.77. The van der Waals surface area contributed by atoms with Crippen LogP contribution in [0.3, 0.4) is 0 Å². The molecule has 1 atom stereocenters. The SMILES string of the molecule is Fc1cc(C2CCCN2)ccc1-c1cn2c(n1)sc1ccccc12. The van der Waals surface area contributed by atoms with Crippen molar-refractivity contribution >= 4 is 26.5 Å². The zero-order valence-electron chi connectivity index (χ0n) is 13.0. The highest BCUT2D eigenvalue weighted by atomic mass is 32.1. The van der Waals surface area contributed by atoms with E-state index in [0.717, 1.165) is 35.4 Å². The summed E-state index contributed by atoms with van der Waals surface area (Å²) in [6.07, 6.45) is 4.16. The molecule has 1 unspecified atom stereocenters. The number of benzene rings is 2. The fourth-order valence-corrected chi connectivity index (χ4v) is 4.51. The summed E-state index contributed by atoms with van der Waals surface area (Å²) >= 11 is 1.63. The van der Waals surface area contributed by atoms with Crippen molar-refractivity contribution in [3.8, 4) is 11.3 Å². The molecular weight excluding hydrogens is 321 g/mol. The summed E-state index contributed by atoms with van der Waals surface area (Å²) in [5, 5.41) is 3.41. The number of nitrogens with zero attached hydrogens (tertiary/aromatic N) is 2. The van der Waals surface area contributed by atoms with Gasteiger partial charge in [-0.15, -0.1) is 0 Å². The lowest BCUT2D eigenvalue weighted by Crippen LogP contribution is -2.12. The van der Waals surface area contributed by atoms with Crippen molar-refractivity contribution in [1.82, 2.24) is 14.7 Å². The highest BCUT2D eigenvalue weighted by molar-refractivity contribution is 7.23. The summed E-state index contributed by atoms with van der Waals surface area (Å²) in [6, 6.07) is 14.0. The van der Waals surface area contributed by atoms with Gasteiger partial charge >= 0.3 is 0 Å². The van der Waals surface area contributed by atoms with Gasteiger partial charge in [-0.2, -0.15) is 0 Å². The van der Waals surface area contributed by atoms with Crippen LogP contribution in [0.5, 0.6) is 0 Å². The molecule has 2 aromatic heterocycles. The minimum atomic E-state index is -0.198. The van der Waals surface area contributed by atoms with Gasteiger partial charge in [-0.1, -0.05) is 29.5 Å². The van der Waals surface area contributed by atoms with Crippen LogP contribution in [0.4, 0.5) is 4.39 Å². The van der Waals surface area contributed by atoms with E-state index in [4.69, 9.17) is 0 Å². The first-order chi connectivity index (χ1) is 11.8. The van der Waals surface area contributed by atoms with Crippen molar-refractivity contribution in [2.24, 2.45) is 0 Å². The summed E-state index contributed by atoms with van der Waals surface area (Å²) in [6.45, 7) is 1.01. The maximum absolute atomic E-state index is 14.7. The molecule has 5 heteroatoms. The van der Waals surface area contributed by atoms with Crippen LogP contribution < -0.4 is 5.32 Å². The maximum Gasteiger partial charge on any atom is 0.195 e. The normalized spacial score (nSPS) is 18.0. The van der Waals surface area contributed by atoms with E-state index < -0.39 is 0 Å². The third-order valence-electron chi connectivity index (χ3n) is 4.73. The molecule has 0 aliphatic carbocycles. The number of para-hydroxylation sites is 1. The molecule has 2 aromatic carbocycles. The first kappa shape index (κ1) is 14.1. The van der Waals surface area contributed by atoms with Crippen molar-refractivity contribution in [2.45, 2.75) is 18.9 Å². The molecule has 1 saturated heterocycles. The summed E-state index contributed by atoms with van der Waals surface area (Å²) in [5.41, 5.74) is 3.40.